The number of halogens is 6. The number of nitrogens with zero attached hydrogens (tertiary/aromatic N) is 2. The number of aryl methyl sites for hydroxylation is 1. The zero-order chi connectivity index (χ0) is 20.5. The van der Waals surface area contributed by atoms with Gasteiger partial charge >= 0.3 is 6.18 Å². The van der Waals surface area contributed by atoms with Crippen LogP contribution >= 0.6 is 50.9 Å². The van der Waals surface area contributed by atoms with E-state index in [1.54, 1.807) is 6.07 Å². The molecule has 0 unspecified atom stereocenters. The van der Waals surface area contributed by atoms with E-state index in [1.165, 1.54) is 30.9 Å². The van der Waals surface area contributed by atoms with Crippen LogP contribution in [0.25, 0.3) is 0 Å². The number of thioether (sulfide) groups is 1. The van der Waals surface area contributed by atoms with E-state index in [2.05, 4.69) is 21.0 Å². The SMILES string of the molecule is Cn1nc(C(F)(F)F)c(CSc2ccc(Br)cc2)c1Oc1ccc(Cl)cc1Cl. The number of hydrogen-bond acceptors (Lipinski definition) is 3. The van der Waals surface area contributed by atoms with Gasteiger partial charge in [0.1, 0.15) is 5.75 Å². The maximum atomic E-state index is 13.5. The molecule has 0 fully saturated rings. The molecule has 3 nitrogen and oxygen atoms in total. The highest BCUT2D eigenvalue weighted by Crippen LogP contribution is 2.41. The zero-order valence-corrected chi connectivity index (χ0v) is 18.1. The topological polar surface area (TPSA) is 27.1 Å². The van der Waals surface area contributed by atoms with E-state index in [4.69, 9.17) is 27.9 Å². The molecule has 0 aliphatic carbocycles. The molecule has 0 N–H and O–H groups in total. The van der Waals surface area contributed by atoms with Gasteiger partial charge in [0.15, 0.2) is 5.69 Å². The maximum Gasteiger partial charge on any atom is 0.435 e. The van der Waals surface area contributed by atoms with Crippen LogP contribution in [0, 0.1) is 0 Å². The molecule has 0 aliphatic heterocycles. The third kappa shape index (κ3) is 4.97. The minimum absolute atomic E-state index is 0.0187. The van der Waals surface area contributed by atoms with Crippen LogP contribution in [0.5, 0.6) is 11.6 Å². The summed E-state index contributed by atoms with van der Waals surface area (Å²) in [7, 11) is 1.39. The van der Waals surface area contributed by atoms with Gasteiger partial charge in [0, 0.05) is 27.2 Å². The summed E-state index contributed by atoms with van der Waals surface area (Å²) in [5.74, 6) is 0.184. The average Bonchev–Trinajstić information content (AvgIpc) is 2.93. The second-order valence-corrected chi connectivity index (χ2v) is 8.48. The quantitative estimate of drug-likeness (QED) is 0.330. The molecule has 0 spiro atoms. The Kier molecular flexibility index (Phi) is 6.54. The summed E-state index contributed by atoms with van der Waals surface area (Å²) >= 11 is 16.5. The lowest BCUT2D eigenvalue weighted by atomic mass is 10.2. The van der Waals surface area contributed by atoms with Gasteiger partial charge in [-0.3, -0.25) is 0 Å². The third-order valence-corrected chi connectivity index (χ3v) is 5.75. The van der Waals surface area contributed by atoms with Gasteiger partial charge in [0.2, 0.25) is 5.88 Å². The van der Waals surface area contributed by atoms with Gasteiger partial charge in [-0.05, 0) is 42.5 Å². The van der Waals surface area contributed by atoms with E-state index in [-0.39, 0.29) is 28.0 Å². The van der Waals surface area contributed by atoms with Crippen molar-refractivity contribution in [1.82, 2.24) is 9.78 Å². The Hall–Kier alpha value is -1.35. The Morgan fingerprint density at radius 2 is 1.82 bits per heavy atom. The number of rotatable bonds is 5. The molecule has 0 atom stereocenters. The minimum atomic E-state index is -4.61. The summed E-state index contributed by atoms with van der Waals surface area (Å²) in [5, 5.41) is 4.21. The Bertz CT molecular complexity index is 994. The first-order valence-corrected chi connectivity index (χ1v) is 10.3. The first kappa shape index (κ1) is 21.4. The fraction of sp³-hybridized carbons (Fsp3) is 0.167. The fourth-order valence-electron chi connectivity index (χ4n) is 2.39. The van der Waals surface area contributed by atoms with Crippen LogP contribution in [-0.4, -0.2) is 9.78 Å². The van der Waals surface area contributed by atoms with Crippen molar-refractivity contribution in [2.24, 2.45) is 7.05 Å². The number of alkyl halides is 3. The first-order chi connectivity index (χ1) is 13.1. The molecule has 10 heteroatoms. The lowest BCUT2D eigenvalue weighted by Crippen LogP contribution is -2.09. The highest BCUT2D eigenvalue weighted by molar-refractivity contribution is 9.10. The van der Waals surface area contributed by atoms with Crippen molar-refractivity contribution >= 4 is 50.9 Å². The smallest absolute Gasteiger partial charge is 0.435 e. The van der Waals surface area contributed by atoms with Crippen LogP contribution in [0.4, 0.5) is 13.2 Å². The third-order valence-electron chi connectivity index (χ3n) is 3.65. The van der Waals surface area contributed by atoms with E-state index in [0.29, 0.717) is 5.02 Å². The van der Waals surface area contributed by atoms with Crippen LogP contribution in [-0.2, 0) is 19.0 Å². The first-order valence-electron chi connectivity index (χ1n) is 7.79. The van der Waals surface area contributed by atoms with Crippen molar-refractivity contribution in [1.29, 1.82) is 0 Å². The van der Waals surface area contributed by atoms with Gasteiger partial charge in [-0.1, -0.05) is 39.1 Å². The summed E-state index contributed by atoms with van der Waals surface area (Å²) in [6.07, 6.45) is -4.61. The van der Waals surface area contributed by atoms with Crippen molar-refractivity contribution in [2.45, 2.75) is 16.8 Å². The van der Waals surface area contributed by atoms with Crippen LogP contribution in [0.3, 0.4) is 0 Å². The van der Waals surface area contributed by atoms with E-state index < -0.39 is 11.9 Å². The molecule has 0 aliphatic rings. The Morgan fingerprint density at radius 3 is 2.43 bits per heavy atom. The molecule has 3 rings (SSSR count). The summed E-state index contributed by atoms with van der Waals surface area (Å²) in [4.78, 5) is 0.815. The molecule has 148 valence electrons. The van der Waals surface area contributed by atoms with Crippen molar-refractivity contribution < 1.29 is 17.9 Å². The molecule has 28 heavy (non-hydrogen) atoms. The highest BCUT2D eigenvalue weighted by atomic mass is 79.9. The normalized spacial score (nSPS) is 11.7. The molecule has 0 saturated carbocycles. The molecular formula is C18H12BrCl2F3N2OS. The Morgan fingerprint density at radius 1 is 1.14 bits per heavy atom. The predicted molar refractivity (Wildman–Crippen MR) is 108 cm³/mol. The summed E-state index contributed by atoms with van der Waals surface area (Å²) < 4.78 is 48.1. The fourth-order valence-corrected chi connectivity index (χ4v) is 4.00. The van der Waals surface area contributed by atoms with Gasteiger partial charge in [0.25, 0.3) is 0 Å². The Balaban J connectivity index is 1.96. The molecule has 0 amide bonds. The van der Waals surface area contributed by atoms with Crippen LogP contribution in [0.1, 0.15) is 11.3 Å². The molecular weight excluding hydrogens is 500 g/mol. The minimum Gasteiger partial charge on any atom is -0.437 e. The van der Waals surface area contributed by atoms with Crippen molar-refractivity contribution in [3.05, 3.63) is 68.2 Å². The number of ether oxygens (including phenoxy) is 1. The molecule has 0 saturated heterocycles. The molecule has 1 heterocycles. The molecule has 1 aromatic heterocycles. The standard InChI is InChI=1S/C18H12BrCl2F3N2OS/c1-26-17(27-15-7-4-11(20)8-14(15)21)13(16(25-26)18(22,23)24)9-28-12-5-2-10(19)3-6-12/h2-8H,9H2,1H3. The van der Waals surface area contributed by atoms with Gasteiger partial charge in [-0.15, -0.1) is 11.8 Å². The lowest BCUT2D eigenvalue weighted by Gasteiger charge is -2.11. The van der Waals surface area contributed by atoms with E-state index in [0.717, 1.165) is 14.1 Å². The average molecular weight is 512 g/mol. The molecule has 0 bridgehead atoms. The second-order valence-electron chi connectivity index (χ2n) is 5.67. The number of aromatic nitrogens is 2. The predicted octanol–water partition coefficient (Wildman–Crippen LogP) is 7.59. The van der Waals surface area contributed by atoms with E-state index in [1.807, 2.05) is 24.3 Å². The molecule has 2 aromatic carbocycles. The Labute approximate surface area is 181 Å². The van der Waals surface area contributed by atoms with Gasteiger partial charge in [-0.25, -0.2) is 4.68 Å². The van der Waals surface area contributed by atoms with E-state index >= 15 is 0 Å². The largest absolute Gasteiger partial charge is 0.437 e. The maximum absolute atomic E-state index is 13.5. The monoisotopic (exact) mass is 510 g/mol. The summed E-state index contributed by atoms with van der Waals surface area (Å²) in [6, 6.07) is 11.8. The van der Waals surface area contributed by atoms with Crippen LogP contribution < -0.4 is 4.74 Å². The van der Waals surface area contributed by atoms with E-state index in [9.17, 15) is 13.2 Å². The van der Waals surface area contributed by atoms with Gasteiger partial charge < -0.3 is 4.74 Å². The van der Waals surface area contributed by atoms with Crippen molar-refractivity contribution in [3.63, 3.8) is 0 Å². The molecule has 3 aromatic rings. The lowest BCUT2D eigenvalue weighted by molar-refractivity contribution is -0.141. The second kappa shape index (κ2) is 8.57. The van der Waals surface area contributed by atoms with Gasteiger partial charge in [0.05, 0.1) is 10.6 Å². The number of hydrogen-bond donors (Lipinski definition) is 0. The van der Waals surface area contributed by atoms with Crippen LogP contribution in [0.2, 0.25) is 10.0 Å². The summed E-state index contributed by atoms with van der Waals surface area (Å²) in [5.41, 5.74) is -1.05. The van der Waals surface area contributed by atoms with Crippen molar-refractivity contribution in [2.75, 3.05) is 0 Å². The number of benzene rings is 2. The summed E-state index contributed by atoms with van der Waals surface area (Å²) in [6.45, 7) is 0. The molecule has 0 radical (unpaired) electrons. The zero-order valence-electron chi connectivity index (χ0n) is 14.2. The van der Waals surface area contributed by atoms with Crippen molar-refractivity contribution in [3.8, 4) is 11.6 Å². The van der Waals surface area contributed by atoms with Gasteiger partial charge in [-0.2, -0.15) is 18.3 Å². The highest BCUT2D eigenvalue weighted by Gasteiger charge is 2.39. The van der Waals surface area contributed by atoms with Crippen LogP contribution in [0.15, 0.2) is 51.8 Å².